The van der Waals surface area contributed by atoms with Crippen LogP contribution < -0.4 is 11.2 Å². The number of nitrogen functional groups attached to an aromatic ring is 1. The largest absolute Gasteiger partial charge is 0.399 e. The van der Waals surface area contributed by atoms with Gasteiger partial charge in [-0.1, -0.05) is 37.6 Å². The van der Waals surface area contributed by atoms with E-state index in [1.165, 1.54) is 17.5 Å². The van der Waals surface area contributed by atoms with Crippen LogP contribution in [0.25, 0.3) is 0 Å². The summed E-state index contributed by atoms with van der Waals surface area (Å²) in [5.74, 6) is 0. The first-order chi connectivity index (χ1) is 9.78. The molecule has 0 aliphatic heterocycles. The van der Waals surface area contributed by atoms with E-state index in [9.17, 15) is 0 Å². The van der Waals surface area contributed by atoms with E-state index in [0.717, 1.165) is 24.2 Å². The Morgan fingerprint density at radius 2 is 1.50 bits per heavy atom. The third-order valence-electron chi connectivity index (χ3n) is 3.16. The van der Waals surface area contributed by atoms with E-state index in [-0.39, 0.29) is 0 Å². The lowest BCUT2D eigenvalue weighted by Crippen LogP contribution is -2.05. The first-order valence-corrected chi connectivity index (χ1v) is 7.09. The zero-order valence-electron chi connectivity index (χ0n) is 11.9. The first kappa shape index (κ1) is 14.4. The molecule has 3 nitrogen and oxygen atoms in total. The number of hydrogen-bond acceptors (Lipinski definition) is 3. The minimum atomic E-state index is 0.626. The van der Waals surface area contributed by atoms with Crippen molar-refractivity contribution in [2.45, 2.75) is 26.2 Å². The van der Waals surface area contributed by atoms with Gasteiger partial charge in [0.2, 0.25) is 0 Å². The van der Waals surface area contributed by atoms with Gasteiger partial charge in [-0.25, -0.2) is 0 Å². The number of nitrogens with one attached hydrogen (secondary N) is 1. The van der Waals surface area contributed by atoms with Crippen molar-refractivity contribution in [1.82, 2.24) is 0 Å². The average molecular weight is 270 g/mol. The lowest BCUT2D eigenvalue weighted by molar-refractivity contribution is 0.197. The van der Waals surface area contributed by atoms with Crippen LogP contribution in [0.15, 0.2) is 48.5 Å². The van der Waals surface area contributed by atoms with Crippen LogP contribution in [0.1, 0.15) is 24.5 Å². The molecule has 2 rings (SSSR count). The van der Waals surface area contributed by atoms with Crippen molar-refractivity contribution in [1.29, 1.82) is 0 Å². The fraction of sp³-hybridized carbons (Fsp3) is 0.294. The Hall–Kier alpha value is -2.00. The highest BCUT2D eigenvalue weighted by atomic mass is 16.6. The summed E-state index contributed by atoms with van der Waals surface area (Å²) in [6, 6.07) is 16.2. The van der Waals surface area contributed by atoms with Crippen LogP contribution in [-0.2, 0) is 17.7 Å². The summed E-state index contributed by atoms with van der Waals surface area (Å²) >= 11 is 0. The molecular weight excluding hydrogens is 248 g/mol. The van der Waals surface area contributed by atoms with Crippen LogP contribution in [0, 0.1) is 0 Å². The van der Waals surface area contributed by atoms with Gasteiger partial charge < -0.3 is 5.73 Å². The van der Waals surface area contributed by atoms with E-state index < -0.39 is 0 Å². The average Bonchev–Trinajstić information content (AvgIpc) is 2.47. The molecule has 106 valence electrons. The predicted molar refractivity (Wildman–Crippen MR) is 84.6 cm³/mol. The summed E-state index contributed by atoms with van der Waals surface area (Å²) in [5, 5.41) is 0. The van der Waals surface area contributed by atoms with Gasteiger partial charge in [-0.05, 0) is 48.2 Å². The highest BCUT2D eigenvalue weighted by Crippen LogP contribution is 2.11. The summed E-state index contributed by atoms with van der Waals surface area (Å²) in [6.07, 6.45) is 3.16. The molecule has 0 amide bonds. The second-order valence-corrected chi connectivity index (χ2v) is 4.89. The third-order valence-corrected chi connectivity index (χ3v) is 3.16. The monoisotopic (exact) mass is 270 g/mol. The highest BCUT2D eigenvalue weighted by Gasteiger charge is 1.96. The standard InChI is InChI=1S/C17H22N2O/c1-2-3-14-6-10-17(11-7-14)19-20-13-12-15-4-8-16(18)9-5-15/h4-11,19H,2-3,12-13,18H2,1H3. The van der Waals surface area contributed by atoms with E-state index in [2.05, 4.69) is 24.5 Å². The third kappa shape index (κ3) is 4.59. The lowest BCUT2D eigenvalue weighted by atomic mass is 10.1. The number of anilines is 2. The Morgan fingerprint density at radius 3 is 2.15 bits per heavy atom. The van der Waals surface area contributed by atoms with E-state index in [1.807, 2.05) is 36.4 Å². The van der Waals surface area contributed by atoms with Crippen molar-refractivity contribution in [2.75, 3.05) is 17.8 Å². The van der Waals surface area contributed by atoms with Crippen molar-refractivity contribution < 1.29 is 4.84 Å². The lowest BCUT2D eigenvalue weighted by Gasteiger charge is -2.08. The molecule has 20 heavy (non-hydrogen) atoms. The zero-order valence-corrected chi connectivity index (χ0v) is 11.9. The van der Waals surface area contributed by atoms with Gasteiger partial charge in [-0.15, -0.1) is 0 Å². The van der Waals surface area contributed by atoms with Crippen molar-refractivity contribution in [2.24, 2.45) is 0 Å². The Kier molecular flexibility index (Phi) is 5.44. The van der Waals surface area contributed by atoms with Crippen molar-refractivity contribution in [3.05, 3.63) is 59.7 Å². The van der Waals surface area contributed by atoms with Crippen LogP contribution >= 0.6 is 0 Å². The summed E-state index contributed by atoms with van der Waals surface area (Å²) < 4.78 is 0. The quantitative estimate of drug-likeness (QED) is 0.457. The molecule has 0 aliphatic carbocycles. The molecule has 0 spiro atoms. The normalized spacial score (nSPS) is 10.4. The number of benzene rings is 2. The second-order valence-electron chi connectivity index (χ2n) is 4.89. The summed E-state index contributed by atoms with van der Waals surface area (Å²) in [7, 11) is 0. The molecule has 0 saturated heterocycles. The molecular formula is C17H22N2O. The highest BCUT2D eigenvalue weighted by molar-refractivity contribution is 5.42. The maximum atomic E-state index is 5.65. The van der Waals surface area contributed by atoms with Crippen molar-refractivity contribution >= 4 is 11.4 Å². The van der Waals surface area contributed by atoms with Crippen molar-refractivity contribution in [3.63, 3.8) is 0 Å². The molecule has 0 fully saturated rings. The van der Waals surface area contributed by atoms with Crippen LogP contribution in [-0.4, -0.2) is 6.61 Å². The number of hydrogen-bond donors (Lipinski definition) is 2. The molecule has 0 bridgehead atoms. The maximum Gasteiger partial charge on any atom is 0.0786 e. The Bertz CT molecular complexity index is 506. The van der Waals surface area contributed by atoms with Crippen LogP contribution in [0.3, 0.4) is 0 Å². The van der Waals surface area contributed by atoms with Crippen molar-refractivity contribution in [3.8, 4) is 0 Å². The summed E-state index contributed by atoms with van der Waals surface area (Å²) in [5.41, 5.74) is 13.0. The van der Waals surface area contributed by atoms with Crippen LogP contribution in [0.2, 0.25) is 0 Å². The molecule has 0 aliphatic rings. The minimum absolute atomic E-state index is 0.626. The fourth-order valence-electron chi connectivity index (χ4n) is 2.02. The van der Waals surface area contributed by atoms with E-state index in [0.29, 0.717) is 6.61 Å². The summed E-state index contributed by atoms with van der Waals surface area (Å²) in [4.78, 5) is 5.47. The zero-order chi connectivity index (χ0) is 14.2. The molecule has 0 radical (unpaired) electrons. The second kappa shape index (κ2) is 7.56. The van der Waals surface area contributed by atoms with Gasteiger partial charge in [0.05, 0.1) is 12.3 Å². The van der Waals surface area contributed by atoms with Gasteiger partial charge in [-0.3, -0.25) is 10.3 Å². The van der Waals surface area contributed by atoms with Gasteiger partial charge in [0.1, 0.15) is 0 Å². The van der Waals surface area contributed by atoms with Gasteiger partial charge in [-0.2, -0.15) is 0 Å². The molecule has 3 heteroatoms. The molecule has 0 saturated carbocycles. The van der Waals surface area contributed by atoms with Gasteiger partial charge in [0, 0.05) is 5.69 Å². The Balaban J connectivity index is 1.71. The predicted octanol–water partition coefficient (Wildman–Crippen LogP) is 3.81. The molecule has 2 aromatic carbocycles. The molecule has 0 unspecified atom stereocenters. The smallest absolute Gasteiger partial charge is 0.0786 e. The van der Waals surface area contributed by atoms with E-state index >= 15 is 0 Å². The molecule has 0 heterocycles. The minimum Gasteiger partial charge on any atom is -0.399 e. The number of nitrogens with two attached hydrogens (primary N) is 1. The number of rotatable bonds is 7. The van der Waals surface area contributed by atoms with Gasteiger partial charge in [0.15, 0.2) is 0 Å². The van der Waals surface area contributed by atoms with Crippen LogP contribution in [0.5, 0.6) is 0 Å². The van der Waals surface area contributed by atoms with Gasteiger partial charge in [0.25, 0.3) is 0 Å². The van der Waals surface area contributed by atoms with E-state index in [1.54, 1.807) is 0 Å². The van der Waals surface area contributed by atoms with Gasteiger partial charge >= 0.3 is 0 Å². The Labute approximate surface area is 120 Å². The van der Waals surface area contributed by atoms with Crippen LogP contribution in [0.4, 0.5) is 11.4 Å². The molecule has 3 N–H and O–H groups in total. The maximum absolute atomic E-state index is 5.65. The molecule has 0 aromatic heterocycles. The number of aryl methyl sites for hydroxylation is 1. The topological polar surface area (TPSA) is 47.3 Å². The summed E-state index contributed by atoms with van der Waals surface area (Å²) in [6.45, 7) is 2.81. The Morgan fingerprint density at radius 1 is 0.900 bits per heavy atom. The van der Waals surface area contributed by atoms with E-state index in [4.69, 9.17) is 10.6 Å². The fourth-order valence-corrected chi connectivity index (χ4v) is 2.02. The molecule has 2 aromatic rings. The SMILES string of the molecule is CCCc1ccc(NOCCc2ccc(N)cc2)cc1. The first-order valence-electron chi connectivity index (χ1n) is 7.09. The molecule has 0 atom stereocenters.